The van der Waals surface area contributed by atoms with Crippen LogP contribution in [0.25, 0.3) is 0 Å². The number of pyridine rings is 1. The van der Waals surface area contributed by atoms with Gasteiger partial charge in [-0.2, -0.15) is 0 Å². The van der Waals surface area contributed by atoms with Crippen molar-refractivity contribution in [2.75, 3.05) is 7.11 Å². The van der Waals surface area contributed by atoms with Gasteiger partial charge >= 0.3 is 0 Å². The van der Waals surface area contributed by atoms with Gasteiger partial charge in [-0.05, 0) is 40.9 Å². The Hall–Kier alpha value is -0.410. The summed E-state index contributed by atoms with van der Waals surface area (Å²) in [7, 11) is 1.72. The Balaban J connectivity index is 2.63. The quantitative estimate of drug-likeness (QED) is 0.795. The second kappa shape index (κ2) is 4.58. The van der Waals surface area contributed by atoms with Gasteiger partial charge in [-0.15, -0.1) is 0 Å². The Morgan fingerprint density at radius 3 is 2.92 bits per heavy atom. The summed E-state index contributed by atoms with van der Waals surface area (Å²) in [5.74, 6) is 0. The molecule has 1 rings (SSSR count). The highest BCUT2D eigenvalue weighted by Crippen LogP contribution is 2.11. The highest BCUT2D eigenvalue weighted by atomic mass is 79.9. The van der Waals surface area contributed by atoms with E-state index in [0.717, 1.165) is 10.9 Å². The topological polar surface area (TPSA) is 22.1 Å². The molecular weight excluding hydrogens is 218 g/mol. The maximum Gasteiger partial charge on any atom is 0.0584 e. The minimum absolute atomic E-state index is 0.251. The summed E-state index contributed by atoms with van der Waals surface area (Å²) < 4.78 is 6.17. The average molecular weight is 230 g/mol. The molecule has 1 heterocycles. The number of ether oxygens (including phenoxy) is 1. The van der Waals surface area contributed by atoms with Gasteiger partial charge in [0.25, 0.3) is 0 Å². The van der Waals surface area contributed by atoms with E-state index in [2.05, 4.69) is 27.0 Å². The van der Waals surface area contributed by atoms with Crippen molar-refractivity contribution in [3.8, 4) is 0 Å². The summed E-state index contributed by atoms with van der Waals surface area (Å²) >= 11 is 3.37. The zero-order chi connectivity index (χ0) is 8.97. The van der Waals surface area contributed by atoms with Gasteiger partial charge in [-0.3, -0.25) is 4.98 Å². The van der Waals surface area contributed by atoms with E-state index < -0.39 is 0 Å². The first-order valence-electron chi connectivity index (χ1n) is 3.84. The van der Waals surface area contributed by atoms with Crippen molar-refractivity contribution in [1.82, 2.24) is 4.98 Å². The van der Waals surface area contributed by atoms with E-state index in [1.807, 2.05) is 13.1 Å². The summed E-state index contributed by atoms with van der Waals surface area (Å²) in [5, 5.41) is 0. The van der Waals surface area contributed by atoms with Crippen LogP contribution in [-0.2, 0) is 11.2 Å². The minimum atomic E-state index is 0.251. The van der Waals surface area contributed by atoms with Crippen LogP contribution in [0.3, 0.4) is 0 Å². The second-order valence-electron chi connectivity index (χ2n) is 2.76. The molecule has 1 aromatic rings. The second-order valence-corrected chi connectivity index (χ2v) is 3.68. The molecule has 1 unspecified atom stereocenters. The van der Waals surface area contributed by atoms with E-state index in [1.165, 1.54) is 5.56 Å². The lowest BCUT2D eigenvalue weighted by atomic mass is 10.1. The Labute approximate surface area is 81.1 Å². The number of aromatic nitrogens is 1. The molecule has 0 bridgehead atoms. The predicted octanol–water partition coefficient (Wildman–Crippen LogP) is 2.42. The zero-order valence-electron chi connectivity index (χ0n) is 7.25. The fourth-order valence-electron chi connectivity index (χ4n) is 0.983. The normalized spacial score (nSPS) is 12.9. The first-order chi connectivity index (χ1) is 5.72. The summed E-state index contributed by atoms with van der Waals surface area (Å²) in [6.45, 7) is 2.04. The van der Waals surface area contributed by atoms with Crippen LogP contribution in [0.15, 0.2) is 22.9 Å². The molecule has 0 fully saturated rings. The number of rotatable bonds is 3. The van der Waals surface area contributed by atoms with Crippen LogP contribution in [0.1, 0.15) is 12.5 Å². The monoisotopic (exact) mass is 229 g/mol. The van der Waals surface area contributed by atoms with E-state index in [-0.39, 0.29) is 6.10 Å². The van der Waals surface area contributed by atoms with Gasteiger partial charge in [0.05, 0.1) is 6.10 Å². The van der Waals surface area contributed by atoms with E-state index >= 15 is 0 Å². The van der Waals surface area contributed by atoms with Gasteiger partial charge in [0.2, 0.25) is 0 Å². The number of nitrogens with zero attached hydrogens (tertiary/aromatic N) is 1. The fourth-order valence-corrected chi connectivity index (χ4v) is 1.39. The highest BCUT2D eigenvalue weighted by molar-refractivity contribution is 9.10. The van der Waals surface area contributed by atoms with Crippen LogP contribution in [0.5, 0.6) is 0 Å². The van der Waals surface area contributed by atoms with Crippen LogP contribution in [0.4, 0.5) is 0 Å². The molecule has 1 atom stereocenters. The van der Waals surface area contributed by atoms with Gasteiger partial charge in [-0.1, -0.05) is 0 Å². The molecule has 0 radical (unpaired) electrons. The van der Waals surface area contributed by atoms with Gasteiger partial charge < -0.3 is 4.74 Å². The third kappa shape index (κ3) is 2.91. The van der Waals surface area contributed by atoms with Crippen molar-refractivity contribution in [1.29, 1.82) is 0 Å². The predicted molar refractivity (Wildman–Crippen MR) is 52.1 cm³/mol. The van der Waals surface area contributed by atoms with Gasteiger partial charge in [-0.25, -0.2) is 0 Å². The molecule has 0 aromatic carbocycles. The number of hydrogen-bond donors (Lipinski definition) is 0. The SMILES string of the molecule is COC(C)Cc1cncc(Br)c1. The van der Waals surface area contributed by atoms with Crippen molar-refractivity contribution in [2.24, 2.45) is 0 Å². The van der Waals surface area contributed by atoms with Gasteiger partial charge in [0.1, 0.15) is 0 Å². The molecule has 1 aromatic heterocycles. The summed E-state index contributed by atoms with van der Waals surface area (Å²) in [4.78, 5) is 4.07. The Bertz CT molecular complexity index is 252. The van der Waals surface area contributed by atoms with Crippen molar-refractivity contribution < 1.29 is 4.74 Å². The molecule has 0 saturated heterocycles. The van der Waals surface area contributed by atoms with Crippen molar-refractivity contribution in [3.05, 3.63) is 28.5 Å². The van der Waals surface area contributed by atoms with Gasteiger partial charge in [0.15, 0.2) is 0 Å². The molecule has 2 nitrogen and oxygen atoms in total. The first-order valence-corrected chi connectivity index (χ1v) is 4.64. The summed E-state index contributed by atoms with van der Waals surface area (Å²) in [5.41, 5.74) is 1.19. The highest BCUT2D eigenvalue weighted by Gasteiger charge is 2.01. The zero-order valence-corrected chi connectivity index (χ0v) is 8.84. The number of halogens is 1. The first kappa shape index (κ1) is 9.68. The van der Waals surface area contributed by atoms with Crippen LogP contribution in [0, 0.1) is 0 Å². The third-order valence-corrected chi connectivity index (χ3v) is 2.12. The largest absolute Gasteiger partial charge is 0.381 e. The number of methoxy groups -OCH3 is 1. The molecule has 0 aliphatic carbocycles. The van der Waals surface area contributed by atoms with Crippen molar-refractivity contribution in [2.45, 2.75) is 19.4 Å². The lowest BCUT2D eigenvalue weighted by Crippen LogP contribution is -2.08. The molecule has 0 saturated carbocycles. The summed E-state index contributed by atoms with van der Waals surface area (Å²) in [6.07, 6.45) is 4.80. The molecule has 0 aliphatic rings. The molecule has 0 N–H and O–H groups in total. The number of hydrogen-bond acceptors (Lipinski definition) is 2. The van der Waals surface area contributed by atoms with Crippen molar-refractivity contribution in [3.63, 3.8) is 0 Å². The average Bonchev–Trinajstić information content (AvgIpc) is 2.04. The van der Waals surface area contributed by atoms with Crippen LogP contribution in [0.2, 0.25) is 0 Å². The maximum absolute atomic E-state index is 5.15. The molecule has 12 heavy (non-hydrogen) atoms. The smallest absolute Gasteiger partial charge is 0.0584 e. The van der Waals surface area contributed by atoms with Gasteiger partial charge in [0, 0.05) is 24.0 Å². The minimum Gasteiger partial charge on any atom is -0.381 e. The fraction of sp³-hybridized carbons (Fsp3) is 0.444. The lowest BCUT2D eigenvalue weighted by Gasteiger charge is -2.08. The van der Waals surface area contributed by atoms with Crippen molar-refractivity contribution >= 4 is 15.9 Å². The molecule has 0 amide bonds. The van der Waals surface area contributed by atoms with Crippen LogP contribution < -0.4 is 0 Å². The Kier molecular flexibility index (Phi) is 3.69. The molecular formula is C9H12BrNO. The molecule has 3 heteroatoms. The standard InChI is InChI=1S/C9H12BrNO/c1-7(12-2)3-8-4-9(10)6-11-5-8/h4-7H,3H2,1-2H3. The summed E-state index contributed by atoms with van der Waals surface area (Å²) in [6, 6.07) is 2.06. The van der Waals surface area contributed by atoms with Crippen LogP contribution in [-0.4, -0.2) is 18.2 Å². The maximum atomic E-state index is 5.15. The van der Waals surface area contributed by atoms with E-state index in [4.69, 9.17) is 4.74 Å². The molecule has 66 valence electrons. The van der Waals surface area contributed by atoms with Crippen LogP contribution >= 0.6 is 15.9 Å². The lowest BCUT2D eigenvalue weighted by molar-refractivity contribution is 0.118. The Morgan fingerprint density at radius 1 is 1.58 bits per heavy atom. The molecule has 0 spiro atoms. The molecule has 0 aliphatic heterocycles. The van der Waals surface area contributed by atoms with E-state index in [1.54, 1.807) is 13.3 Å². The van der Waals surface area contributed by atoms with E-state index in [9.17, 15) is 0 Å². The van der Waals surface area contributed by atoms with E-state index in [0.29, 0.717) is 0 Å². The third-order valence-electron chi connectivity index (χ3n) is 1.69. The Morgan fingerprint density at radius 2 is 2.33 bits per heavy atom.